The molecule has 2 aromatic rings. The van der Waals surface area contributed by atoms with Crippen LogP contribution >= 0.6 is 0 Å². The van der Waals surface area contributed by atoms with Gasteiger partial charge in [-0.3, -0.25) is 4.90 Å². The van der Waals surface area contributed by atoms with E-state index in [1.807, 2.05) is 25.3 Å². The number of rotatable bonds is 5. The first-order chi connectivity index (χ1) is 12.3. The van der Waals surface area contributed by atoms with Crippen LogP contribution in [0.15, 0.2) is 22.9 Å². The first kappa shape index (κ1) is 16.3. The van der Waals surface area contributed by atoms with Crippen LogP contribution in [0.25, 0.3) is 0 Å². The molecule has 2 aliphatic rings. The van der Waals surface area contributed by atoms with Gasteiger partial charge in [0.05, 0.1) is 18.9 Å². The van der Waals surface area contributed by atoms with E-state index in [0.29, 0.717) is 6.04 Å². The van der Waals surface area contributed by atoms with Gasteiger partial charge >= 0.3 is 0 Å². The summed E-state index contributed by atoms with van der Waals surface area (Å²) in [6, 6.07) is 4.33. The summed E-state index contributed by atoms with van der Waals surface area (Å²) in [4.78, 5) is 13.6. The SMILES string of the molecule is Cc1cc(CN2CCC(Nc3ccnc(N4CCOCC4)n3)C2)no1. The van der Waals surface area contributed by atoms with Gasteiger partial charge in [-0.05, 0) is 19.4 Å². The highest BCUT2D eigenvalue weighted by atomic mass is 16.5. The maximum absolute atomic E-state index is 5.39. The van der Waals surface area contributed by atoms with Gasteiger partial charge in [0.1, 0.15) is 11.6 Å². The Balaban J connectivity index is 1.33. The number of aromatic nitrogens is 3. The number of hydrogen-bond donors (Lipinski definition) is 1. The van der Waals surface area contributed by atoms with Crippen molar-refractivity contribution in [2.24, 2.45) is 0 Å². The van der Waals surface area contributed by atoms with Gasteiger partial charge in [0.25, 0.3) is 0 Å². The number of ether oxygens (including phenoxy) is 1. The van der Waals surface area contributed by atoms with Crippen LogP contribution in [0.3, 0.4) is 0 Å². The Morgan fingerprint density at radius 3 is 2.96 bits per heavy atom. The quantitative estimate of drug-likeness (QED) is 0.869. The van der Waals surface area contributed by atoms with Gasteiger partial charge in [-0.2, -0.15) is 4.98 Å². The molecule has 134 valence electrons. The standard InChI is InChI=1S/C17H24N6O2/c1-13-10-15(21-25-13)12-22-5-3-14(11-22)19-16-2-4-18-17(20-16)23-6-8-24-9-7-23/h2,4,10,14H,3,5-9,11-12H2,1H3,(H,18,19,20). The van der Waals surface area contributed by atoms with Crippen molar-refractivity contribution >= 4 is 11.8 Å². The van der Waals surface area contributed by atoms with E-state index in [1.165, 1.54) is 0 Å². The van der Waals surface area contributed by atoms with Gasteiger partial charge in [-0.1, -0.05) is 5.16 Å². The number of anilines is 2. The van der Waals surface area contributed by atoms with Crippen LogP contribution in [0.5, 0.6) is 0 Å². The largest absolute Gasteiger partial charge is 0.378 e. The molecule has 2 saturated heterocycles. The van der Waals surface area contributed by atoms with Crippen molar-refractivity contribution in [3.63, 3.8) is 0 Å². The minimum absolute atomic E-state index is 0.389. The highest BCUT2D eigenvalue weighted by Crippen LogP contribution is 2.18. The maximum atomic E-state index is 5.39. The van der Waals surface area contributed by atoms with Crippen molar-refractivity contribution in [3.05, 3.63) is 29.8 Å². The van der Waals surface area contributed by atoms with Crippen LogP contribution in [-0.2, 0) is 11.3 Å². The zero-order valence-electron chi connectivity index (χ0n) is 14.5. The lowest BCUT2D eigenvalue weighted by Crippen LogP contribution is -2.37. The van der Waals surface area contributed by atoms with Crippen LogP contribution in [0.4, 0.5) is 11.8 Å². The van der Waals surface area contributed by atoms with Crippen LogP contribution in [0.1, 0.15) is 17.9 Å². The molecule has 4 rings (SSSR count). The molecule has 0 spiro atoms. The monoisotopic (exact) mass is 344 g/mol. The van der Waals surface area contributed by atoms with Gasteiger partial charge < -0.3 is 19.5 Å². The van der Waals surface area contributed by atoms with E-state index >= 15 is 0 Å². The summed E-state index contributed by atoms with van der Waals surface area (Å²) in [5.41, 5.74) is 0.995. The summed E-state index contributed by atoms with van der Waals surface area (Å²) in [7, 11) is 0. The van der Waals surface area contributed by atoms with Gasteiger partial charge in [0, 0.05) is 51.0 Å². The minimum Gasteiger partial charge on any atom is -0.378 e. The fourth-order valence-corrected chi connectivity index (χ4v) is 3.37. The van der Waals surface area contributed by atoms with E-state index in [-0.39, 0.29) is 0 Å². The normalized spacial score (nSPS) is 21.6. The number of aryl methyl sites for hydroxylation is 1. The van der Waals surface area contributed by atoms with Crippen LogP contribution in [0.2, 0.25) is 0 Å². The Hall–Kier alpha value is -2.19. The summed E-state index contributed by atoms with van der Waals surface area (Å²) >= 11 is 0. The molecule has 2 aliphatic heterocycles. The van der Waals surface area contributed by atoms with Gasteiger partial charge in [0.2, 0.25) is 5.95 Å². The molecule has 0 bridgehead atoms. The Labute approximate surface area is 147 Å². The first-order valence-corrected chi connectivity index (χ1v) is 8.83. The lowest BCUT2D eigenvalue weighted by molar-refractivity contribution is 0.122. The lowest BCUT2D eigenvalue weighted by atomic mass is 10.2. The molecule has 8 heteroatoms. The van der Waals surface area contributed by atoms with Crippen LogP contribution in [0, 0.1) is 6.92 Å². The number of hydrogen-bond acceptors (Lipinski definition) is 8. The van der Waals surface area contributed by atoms with Crippen molar-refractivity contribution in [3.8, 4) is 0 Å². The van der Waals surface area contributed by atoms with E-state index in [4.69, 9.17) is 9.26 Å². The molecule has 1 atom stereocenters. The molecule has 0 radical (unpaired) electrons. The number of nitrogens with one attached hydrogen (secondary N) is 1. The van der Waals surface area contributed by atoms with E-state index in [1.54, 1.807) is 0 Å². The van der Waals surface area contributed by atoms with Gasteiger partial charge in [0.15, 0.2) is 0 Å². The third-order valence-corrected chi connectivity index (χ3v) is 4.62. The summed E-state index contributed by atoms with van der Waals surface area (Å²) in [6.45, 7) is 7.94. The van der Waals surface area contributed by atoms with E-state index < -0.39 is 0 Å². The molecule has 0 aromatic carbocycles. The molecule has 0 saturated carbocycles. The Morgan fingerprint density at radius 1 is 1.28 bits per heavy atom. The topological polar surface area (TPSA) is 79.5 Å². The Bertz CT molecular complexity index is 700. The summed E-state index contributed by atoms with van der Waals surface area (Å²) in [5.74, 6) is 2.53. The average Bonchev–Trinajstić information content (AvgIpc) is 3.25. The Kier molecular flexibility index (Phi) is 4.80. The van der Waals surface area contributed by atoms with Crippen molar-refractivity contribution in [1.29, 1.82) is 0 Å². The minimum atomic E-state index is 0.389. The van der Waals surface area contributed by atoms with Crippen molar-refractivity contribution in [2.75, 3.05) is 49.6 Å². The van der Waals surface area contributed by atoms with Gasteiger partial charge in [-0.15, -0.1) is 0 Å². The van der Waals surface area contributed by atoms with Crippen molar-refractivity contribution in [1.82, 2.24) is 20.0 Å². The van der Waals surface area contributed by atoms with Crippen LogP contribution < -0.4 is 10.2 Å². The van der Waals surface area contributed by atoms with Gasteiger partial charge in [-0.25, -0.2) is 4.98 Å². The lowest BCUT2D eigenvalue weighted by Gasteiger charge is -2.27. The summed E-state index contributed by atoms with van der Waals surface area (Å²) in [6.07, 6.45) is 2.92. The van der Waals surface area contributed by atoms with E-state index in [2.05, 4.69) is 30.2 Å². The molecule has 1 N–H and O–H groups in total. The second kappa shape index (κ2) is 7.37. The van der Waals surface area contributed by atoms with E-state index in [9.17, 15) is 0 Å². The smallest absolute Gasteiger partial charge is 0.227 e. The fraction of sp³-hybridized carbons (Fsp3) is 0.588. The average molecular weight is 344 g/mol. The summed E-state index contributed by atoms with van der Waals surface area (Å²) < 4.78 is 10.5. The molecule has 2 aromatic heterocycles. The highest BCUT2D eigenvalue weighted by Gasteiger charge is 2.24. The predicted octanol–water partition coefficient (Wildman–Crippen LogP) is 1.30. The predicted molar refractivity (Wildman–Crippen MR) is 93.6 cm³/mol. The molecular formula is C17H24N6O2. The van der Waals surface area contributed by atoms with Crippen LogP contribution in [-0.4, -0.2) is 65.5 Å². The third-order valence-electron chi connectivity index (χ3n) is 4.62. The molecule has 2 fully saturated rings. The molecule has 25 heavy (non-hydrogen) atoms. The van der Waals surface area contributed by atoms with Crippen molar-refractivity contribution in [2.45, 2.75) is 25.9 Å². The molecule has 0 aliphatic carbocycles. The molecule has 8 nitrogen and oxygen atoms in total. The molecule has 0 amide bonds. The number of nitrogens with zero attached hydrogens (tertiary/aromatic N) is 5. The van der Waals surface area contributed by atoms with Crippen molar-refractivity contribution < 1.29 is 9.26 Å². The zero-order chi connectivity index (χ0) is 17.1. The second-order valence-electron chi connectivity index (χ2n) is 6.64. The number of morpholine rings is 1. The maximum Gasteiger partial charge on any atom is 0.227 e. The number of likely N-dealkylation sites (tertiary alicyclic amines) is 1. The zero-order valence-corrected chi connectivity index (χ0v) is 14.5. The highest BCUT2D eigenvalue weighted by molar-refractivity contribution is 5.42. The Morgan fingerprint density at radius 2 is 2.16 bits per heavy atom. The molecule has 1 unspecified atom stereocenters. The third kappa shape index (κ3) is 4.08. The second-order valence-corrected chi connectivity index (χ2v) is 6.64. The fourth-order valence-electron chi connectivity index (χ4n) is 3.37. The van der Waals surface area contributed by atoms with E-state index in [0.717, 1.165) is 75.6 Å². The summed E-state index contributed by atoms with van der Waals surface area (Å²) in [5, 5.41) is 7.63. The molecular weight excluding hydrogens is 320 g/mol. The molecule has 4 heterocycles. The first-order valence-electron chi connectivity index (χ1n) is 8.83.